The number of nitrogens with one attached hydrogen (secondary N) is 1. The Morgan fingerprint density at radius 3 is 2.48 bits per heavy atom. The maximum absolute atomic E-state index is 4.48. The monoisotopic (exact) mass is 374 g/mol. The molecule has 23 heavy (non-hydrogen) atoms. The molecule has 2 heterocycles. The van der Waals surface area contributed by atoms with E-state index in [-0.39, 0.29) is 0 Å². The van der Waals surface area contributed by atoms with Crippen molar-refractivity contribution in [2.75, 3.05) is 18.4 Å². The van der Waals surface area contributed by atoms with Crippen LogP contribution in [-0.2, 0) is 6.54 Å². The highest BCUT2D eigenvalue weighted by Gasteiger charge is 2.19. The SMILES string of the molecule is Cc1cc(NC2CCN(Cc3ccc(Br)cc3)CC2)nc(C)n1. The molecular formula is C18H23BrN4. The van der Waals surface area contributed by atoms with Crippen LogP contribution in [0.1, 0.15) is 29.9 Å². The minimum absolute atomic E-state index is 0.505. The van der Waals surface area contributed by atoms with Crippen molar-refractivity contribution in [1.29, 1.82) is 0 Å². The first-order valence-electron chi connectivity index (χ1n) is 8.14. The van der Waals surface area contributed by atoms with Gasteiger partial charge < -0.3 is 5.32 Å². The summed E-state index contributed by atoms with van der Waals surface area (Å²) >= 11 is 3.49. The van der Waals surface area contributed by atoms with Crippen LogP contribution in [0.3, 0.4) is 0 Å². The van der Waals surface area contributed by atoms with Crippen molar-refractivity contribution in [2.45, 2.75) is 39.3 Å². The number of anilines is 1. The molecule has 4 nitrogen and oxygen atoms in total. The van der Waals surface area contributed by atoms with Crippen LogP contribution in [0, 0.1) is 13.8 Å². The number of hydrogen-bond acceptors (Lipinski definition) is 4. The van der Waals surface area contributed by atoms with Gasteiger partial charge in [-0.2, -0.15) is 0 Å². The summed E-state index contributed by atoms with van der Waals surface area (Å²) in [7, 11) is 0. The van der Waals surface area contributed by atoms with E-state index in [0.717, 1.165) is 54.3 Å². The summed E-state index contributed by atoms with van der Waals surface area (Å²) in [6, 6.07) is 11.2. The van der Waals surface area contributed by atoms with Gasteiger partial charge in [0.1, 0.15) is 11.6 Å². The summed E-state index contributed by atoms with van der Waals surface area (Å²) in [5, 5.41) is 3.57. The molecule has 2 aromatic rings. The molecule has 0 bridgehead atoms. The van der Waals surface area contributed by atoms with Gasteiger partial charge in [-0.3, -0.25) is 4.90 Å². The predicted octanol–water partition coefficient (Wildman–Crippen LogP) is 3.93. The molecule has 3 rings (SSSR count). The third-order valence-electron chi connectivity index (χ3n) is 4.23. The fraction of sp³-hybridized carbons (Fsp3) is 0.444. The van der Waals surface area contributed by atoms with Crippen molar-refractivity contribution in [3.63, 3.8) is 0 Å². The summed E-state index contributed by atoms with van der Waals surface area (Å²) in [4.78, 5) is 11.3. The molecule has 0 atom stereocenters. The summed E-state index contributed by atoms with van der Waals surface area (Å²) in [5.74, 6) is 1.79. The second kappa shape index (κ2) is 7.41. The van der Waals surface area contributed by atoms with Crippen LogP contribution >= 0.6 is 15.9 Å². The zero-order chi connectivity index (χ0) is 16.2. The Kier molecular flexibility index (Phi) is 5.28. The van der Waals surface area contributed by atoms with Crippen molar-refractivity contribution in [3.8, 4) is 0 Å². The number of likely N-dealkylation sites (tertiary alicyclic amines) is 1. The smallest absolute Gasteiger partial charge is 0.130 e. The normalized spacial score (nSPS) is 16.5. The Bertz CT molecular complexity index is 628. The van der Waals surface area contributed by atoms with Gasteiger partial charge in [-0.05, 0) is 44.4 Å². The van der Waals surface area contributed by atoms with E-state index in [1.165, 1.54) is 5.56 Å². The lowest BCUT2D eigenvalue weighted by Gasteiger charge is -2.32. The van der Waals surface area contributed by atoms with Crippen molar-refractivity contribution >= 4 is 21.7 Å². The van der Waals surface area contributed by atoms with Gasteiger partial charge in [0.05, 0.1) is 0 Å². The fourth-order valence-electron chi connectivity index (χ4n) is 3.08. The number of rotatable bonds is 4. The average Bonchev–Trinajstić information content (AvgIpc) is 2.50. The minimum Gasteiger partial charge on any atom is -0.367 e. The lowest BCUT2D eigenvalue weighted by molar-refractivity contribution is 0.211. The van der Waals surface area contributed by atoms with Gasteiger partial charge in [0, 0.05) is 41.9 Å². The topological polar surface area (TPSA) is 41.0 Å². The van der Waals surface area contributed by atoms with Crippen LogP contribution < -0.4 is 5.32 Å². The van der Waals surface area contributed by atoms with Crippen LogP contribution in [0.4, 0.5) is 5.82 Å². The second-order valence-electron chi connectivity index (χ2n) is 6.26. The van der Waals surface area contributed by atoms with Crippen LogP contribution in [0.2, 0.25) is 0 Å². The molecule has 1 saturated heterocycles. The molecule has 1 aromatic carbocycles. The first-order chi connectivity index (χ1) is 11.1. The Morgan fingerprint density at radius 1 is 1.13 bits per heavy atom. The van der Waals surface area contributed by atoms with E-state index in [1.807, 2.05) is 19.9 Å². The van der Waals surface area contributed by atoms with E-state index in [2.05, 4.69) is 60.4 Å². The molecule has 1 aliphatic rings. The molecule has 0 aliphatic carbocycles. The highest BCUT2D eigenvalue weighted by molar-refractivity contribution is 9.10. The molecule has 0 amide bonds. The second-order valence-corrected chi connectivity index (χ2v) is 7.18. The van der Waals surface area contributed by atoms with E-state index in [0.29, 0.717) is 6.04 Å². The van der Waals surface area contributed by atoms with E-state index in [4.69, 9.17) is 0 Å². The minimum atomic E-state index is 0.505. The van der Waals surface area contributed by atoms with Crippen molar-refractivity contribution in [3.05, 3.63) is 51.9 Å². The Labute approximate surface area is 146 Å². The molecule has 1 fully saturated rings. The molecule has 1 N–H and O–H groups in total. The number of aromatic nitrogens is 2. The molecule has 0 unspecified atom stereocenters. The van der Waals surface area contributed by atoms with Crippen molar-refractivity contribution in [2.24, 2.45) is 0 Å². The highest BCUT2D eigenvalue weighted by atomic mass is 79.9. The molecule has 5 heteroatoms. The number of piperidine rings is 1. The lowest BCUT2D eigenvalue weighted by atomic mass is 10.0. The number of halogens is 1. The van der Waals surface area contributed by atoms with E-state index >= 15 is 0 Å². The zero-order valence-electron chi connectivity index (χ0n) is 13.7. The molecular weight excluding hydrogens is 352 g/mol. The third-order valence-corrected chi connectivity index (χ3v) is 4.75. The van der Waals surface area contributed by atoms with E-state index in [9.17, 15) is 0 Å². The van der Waals surface area contributed by atoms with Crippen LogP contribution in [0.15, 0.2) is 34.8 Å². The lowest BCUT2D eigenvalue weighted by Crippen LogP contribution is -2.38. The molecule has 0 saturated carbocycles. The van der Waals surface area contributed by atoms with Crippen LogP contribution in [0.5, 0.6) is 0 Å². The number of benzene rings is 1. The van der Waals surface area contributed by atoms with E-state index < -0.39 is 0 Å². The van der Waals surface area contributed by atoms with Crippen molar-refractivity contribution in [1.82, 2.24) is 14.9 Å². The average molecular weight is 375 g/mol. The van der Waals surface area contributed by atoms with Crippen LogP contribution in [-0.4, -0.2) is 34.0 Å². The first-order valence-corrected chi connectivity index (χ1v) is 8.93. The van der Waals surface area contributed by atoms with Gasteiger partial charge in [-0.15, -0.1) is 0 Å². The van der Waals surface area contributed by atoms with Gasteiger partial charge >= 0.3 is 0 Å². The third kappa shape index (κ3) is 4.75. The summed E-state index contributed by atoms with van der Waals surface area (Å²) < 4.78 is 1.14. The number of aryl methyl sites for hydroxylation is 2. The molecule has 122 valence electrons. The highest BCUT2D eigenvalue weighted by Crippen LogP contribution is 2.18. The summed E-state index contributed by atoms with van der Waals surface area (Å²) in [6.45, 7) is 7.24. The molecule has 1 aromatic heterocycles. The Hall–Kier alpha value is -1.46. The zero-order valence-corrected chi connectivity index (χ0v) is 15.3. The maximum Gasteiger partial charge on any atom is 0.130 e. The number of nitrogens with zero attached hydrogens (tertiary/aromatic N) is 3. The van der Waals surface area contributed by atoms with Gasteiger partial charge in [-0.1, -0.05) is 28.1 Å². The fourth-order valence-corrected chi connectivity index (χ4v) is 3.35. The van der Waals surface area contributed by atoms with Gasteiger partial charge in [0.15, 0.2) is 0 Å². The van der Waals surface area contributed by atoms with Crippen LogP contribution in [0.25, 0.3) is 0 Å². The quantitative estimate of drug-likeness (QED) is 0.879. The predicted molar refractivity (Wildman–Crippen MR) is 97.6 cm³/mol. The first kappa shape index (κ1) is 16.4. The molecule has 1 aliphatic heterocycles. The van der Waals surface area contributed by atoms with Gasteiger partial charge in [0.2, 0.25) is 0 Å². The number of hydrogen-bond donors (Lipinski definition) is 1. The molecule has 0 spiro atoms. The maximum atomic E-state index is 4.48. The molecule has 0 radical (unpaired) electrons. The Balaban J connectivity index is 1.51. The standard InChI is InChI=1S/C18H23BrN4/c1-13-11-18(21-14(2)20-13)22-17-7-9-23(10-8-17)12-15-3-5-16(19)6-4-15/h3-6,11,17H,7-10,12H2,1-2H3,(H,20,21,22). The van der Waals surface area contributed by atoms with Gasteiger partial charge in [-0.25, -0.2) is 9.97 Å². The van der Waals surface area contributed by atoms with Gasteiger partial charge in [0.25, 0.3) is 0 Å². The van der Waals surface area contributed by atoms with Crippen molar-refractivity contribution < 1.29 is 0 Å². The summed E-state index contributed by atoms with van der Waals surface area (Å²) in [6.07, 6.45) is 2.30. The Morgan fingerprint density at radius 2 is 1.83 bits per heavy atom. The van der Waals surface area contributed by atoms with E-state index in [1.54, 1.807) is 0 Å². The largest absolute Gasteiger partial charge is 0.367 e. The summed E-state index contributed by atoms with van der Waals surface area (Å²) in [5.41, 5.74) is 2.40.